The van der Waals surface area contributed by atoms with Crippen molar-refractivity contribution in [3.8, 4) is 0 Å². The average molecular weight is 474 g/mol. The van der Waals surface area contributed by atoms with Crippen molar-refractivity contribution in [1.29, 1.82) is 0 Å². The minimum atomic E-state index is -0.614. The molecule has 2 amide bonds. The Bertz CT molecular complexity index is 1230. The Morgan fingerprint density at radius 3 is 2.47 bits per heavy atom. The van der Waals surface area contributed by atoms with E-state index in [9.17, 15) is 14.4 Å². The van der Waals surface area contributed by atoms with Crippen LogP contribution >= 0.6 is 23.2 Å². The zero-order valence-electron chi connectivity index (χ0n) is 17.3. The minimum absolute atomic E-state index is 0.0292. The molecule has 3 aromatic rings. The van der Waals surface area contributed by atoms with Gasteiger partial charge in [-0.05, 0) is 37.8 Å². The largest absolute Gasteiger partial charge is 0.354 e. The first kappa shape index (κ1) is 22.2. The van der Waals surface area contributed by atoms with Gasteiger partial charge >= 0.3 is 0 Å². The first-order chi connectivity index (χ1) is 15.3. The Labute approximate surface area is 194 Å². The molecule has 0 unspecified atom stereocenters. The number of pyridine rings is 3. The lowest BCUT2D eigenvalue weighted by Crippen LogP contribution is -2.37. The Kier molecular flexibility index (Phi) is 6.43. The molecule has 32 heavy (non-hydrogen) atoms. The van der Waals surface area contributed by atoms with Crippen molar-refractivity contribution in [2.75, 3.05) is 5.32 Å². The third-order valence-electron chi connectivity index (χ3n) is 5.62. The van der Waals surface area contributed by atoms with Crippen LogP contribution in [0.3, 0.4) is 0 Å². The van der Waals surface area contributed by atoms with Gasteiger partial charge in [-0.2, -0.15) is 0 Å². The van der Waals surface area contributed by atoms with E-state index in [2.05, 4.69) is 20.6 Å². The van der Waals surface area contributed by atoms with Gasteiger partial charge in [0.25, 0.3) is 5.91 Å². The van der Waals surface area contributed by atoms with E-state index in [1.165, 1.54) is 19.3 Å². The Balaban J connectivity index is 1.70. The highest BCUT2D eigenvalue weighted by Crippen LogP contribution is 2.31. The predicted octanol–water partition coefficient (Wildman–Crippen LogP) is 3.97. The molecule has 0 radical (unpaired) electrons. The van der Waals surface area contributed by atoms with E-state index >= 15 is 0 Å². The summed E-state index contributed by atoms with van der Waals surface area (Å²) in [5, 5.41) is 6.29. The molecule has 166 valence electrons. The lowest BCUT2D eigenvalue weighted by Gasteiger charge is -2.31. The van der Waals surface area contributed by atoms with Crippen molar-refractivity contribution >= 4 is 51.7 Å². The molecule has 8 nitrogen and oxygen atoms in total. The maximum absolute atomic E-state index is 13.1. The fourth-order valence-electron chi connectivity index (χ4n) is 4.12. The number of hydrogen-bond donors (Lipinski definition) is 2. The number of rotatable bonds is 4. The molecule has 0 spiro atoms. The summed E-state index contributed by atoms with van der Waals surface area (Å²) in [4.78, 5) is 45.8. The predicted molar refractivity (Wildman–Crippen MR) is 123 cm³/mol. The summed E-state index contributed by atoms with van der Waals surface area (Å²) < 4.78 is 1.89. The summed E-state index contributed by atoms with van der Waals surface area (Å²) in [6.45, 7) is 1.51. The number of anilines is 1. The number of halogens is 2. The van der Waals surface area contributed by atoms with E-state index < -0.39 is 11.3 Å². The maximum Gasteiger partial charge on any atom is 0.261 e. The summed E-state index contributed by atoms with van der Waals surface area (Å²) in [7, 11) is 0. The lowest BCUT2D eigenvalue weighted by molar-refractivity contribution is -0.119. The molecule has 0 saturated heterocycles. The van der Waals surface area contributed by atoms with Crippen LogP contribution in [0.4, 0.5) is 5.69 Å². The quantitative estimate of drug-likeness (QED) is 0.595. The summed E-state index contributed by atoms with van der Waals surface area (Å²) in [6.07, 6.45) is 9.06. The van der Waals surface area contributed by atoms with Crippen molar-refractivity contribution < 1.29 is 9.59 Å². The zero-order chi connectivity index (χ0) is 22.8. The molecule has 4 rings (SSSR count). The molecule has 0 bridgehead atoms. The highest BCUT2D eigenvalue weighted by molar-refractivity contribution is 6.39. The second-order valence-corrected chi connectivity index (χ2v) is 8.61. The Hall–Kier alpha value is -2.97. The van der Waals surface area contributed by atoms with Crippen LogP contribution in [0.25, 0.3) is 11.0 Å². The van der Waals surface area contributed by atoms with Gasteiger partial charge in [-0.1, -0.05) is 23.2 Å². The first-order valence-corrected chi connectivity index (χ1v) is 11.0. The summed E-state index contributed by atoms with van der Waals surface area (Å²) >= 11 is 12.2. The molecule has 10 heteroatoms. The van der Waals surface area contributed by atoms with Gasteiger partial charge in [0, 0.05) is 43.8 Å². The third kappa shape index (κ3) is 4.47. The van der Waals surface area contributed by atoms with Crippen LogP contribution in [0, 0.1) is 0 Å². The SMILES string of the molecule is CC(=O)N[C@H]1CC[C@H](n2cc(C(=O)Nc3c(Cl)cncc3Cl)c(=O)c3cccnc32)CC1. The number of amides is 2. The molecule has 1 aliphatic carbocycles. The van der Waals surface area contributed by atoms with E-state index in [-0.39, 0.29) is 39.3 Å². The van der Waals surface area contributed by atoms with Crippen LogP contribution < -0.4 is 16.1 Å². The van der Waals surface area contributed by atoms with Crippen LogP contribution in [0.2, 0.25) is 10.0 Å². The van der Waals surface area contributed by atoms with Crippen molar-refractivity contribution in [3.05, 3.63) is 62.8 Å². The second kappa shape index (κ2) is 9.26. The smallest absolute Gasteiger partial charge is 0.261 e. The van der Waals surface area contributed by atoms with E-state index in [4.69, 9.17) is 23.2 Å². The van der Waals surface area contributed by atoms with Gasteiger partial charge in [0.15, 0.2) is 0 Å². The molecule has 1 aliphatic rings. The van der Waals surface area contributed by atoms with Crippen molar-refractivity contribution in [3.63, 3.8) is 0 Å². The monoisotopic (exact) mass is 473 g/mol. The average Bonchev–Trinajstić information content (AvgIpc) is 2.77. The second-order valence-electron chi connectivity index (χ2n) is 7.79. The molecular weight excluding hydrogens is 453 g/mol. The summed E-state index contributed by atoms with van der Waals surface area (Å²) in [6, 6.07) is 3.49. The topological polar surface area (TPSA) is 106 Å². The number of carbonyl (C=O) groups is 2. The molecule has 3 aromatic heterocycles. The molecule has 0 atom stereocenters. The van der Waals surface area contributed by atoms with Crippen LogP contribution in [0.5, 0.6) is 0 Å². The number of aromatic nitrogens is 3. The molecule has 1 fully saturated rings. The maximum atomic E-state index is 13.1. The van der Waals surface area contributed by atoms with Gasteiger partial charge in [0.05, 0.1) is 21.1 Å². The highest BCUT2D eigenvalue weighted by Gasteiger charge is 2.26. The van der Waals surface area contributed by atoms with Crippen LogP contribution in [0.1, 0.15) is 49.0 Å². The van der Waals surface area contributed by atoms with Crippen molar-refractivity contribution in [2.45, 2.75) is 44.7 Å². The van der Waals surface area contributed by atoms with Gasteiger partial charge in [0.1, 0.15) is 11.2 Å². The van der Waals surface area contributed by atoms with E-state index in [0.717, 1.165) is 25.7 Å². The third-order valence-corrected chi connectivity index (χ3v) is 6.20. The van der Waals surface area contributed by atoms with Crippen LogP contribution in [-0.2, 0) is 4.79 Å². The van der Waals surface area contributed by atoms with Gasteiger partial charge in [-0.25, -0.2) is 4.98 Å². The molecule has 1 saturated carbocycles. The van der Waals surface area contributed by atoms with E-state index in [0.29, 0.717) is 11.0 Å². The van der Waals surface area contributed by atoms with Crippen molar-refractivity contribution in [1.82, 2.24) is 19.9 Å². The highest BCUT2D eigenvalue weighted by atomic mass is 35.5. The van der Waals surface area contributed by atoms with Gasteiger partial charge in [-0.15, -0.1) is 0 Å². The number of nitrogens with one attached hydrogen (secondary N) is 2. The van der Waals surface area contributed by atoms with Gasteiger partial charge < -0.3 is 15.2 Å². The van der Waals surface area contributed by atoms with E-state index in [1.807, 2.05) is 4.57 Å². The van der Waals surface area contributed by atoms with Crippen LogP contribution in [-0.4, -0.2) is 32.4 Å². The molecule has 0 aliphatic heterocycles. The van der Waals surface area contributed by atoms with Gasteiger partial charge in [-0.3, -0.25) is 19.4 Å². The first-order valence-electron chi connectivity index (χ1n) is 10.2. The lowest BCUT2D eigenvalue weighted by atomic mass is 9.90. The fraction of sp³-hybridized carbons (Fsp3) is 0.318. The number of hydrogen-bond acceptors (Lipinski definition) is 5. The zero-order valence-corrected chi connectivity index (χ0v) is 18.8. The Morgan fingerprint density at radius 1 is 1.12 bits per heavy atom. The number of fused-ring (bicyclic) bond motifs is 1. The number of nitrogens with zero attached hydrogens (tertiary/aromatic N) is 3. The van der Waals surface area contributed by atoms with Crippen LogP contribution in [0.15, 0.2) is 41.7 Å². The standard InChI is InChI=1S/C22H21Cl2N5O3/c1-12(30)27-13-4-6-14(7-5-13)29-11-16(20(31)15-3-2-8-26-21(15)29)22(32)28-19-17(23)9-25-10-18(19)24/h2-3,8-11,13-14H,4-7H2,1H3,(H,27,30)(H,25,28,32)/t13-,14-. The summed E-state index contributed by atoms with van der Waals surface area (Å²) in [5.74, 6) is -0.659. The molecule has 3 heterocycles. The minimum Gasteiger partial charge on any atom is -0.354 e. The molecule has 0 aromatic carbocycles. The van der Waals surface area contributed by atoms with E-state index in [1.54, 1.807) is 24.5 Å². The molecular formula is C22H21Cl2N5O3. The normalized spacial score (nSPS) is 18.3. The number of carbonyl (C=O) groups excluding carboxylic acids is 2. The Morgan fingerprint density at radius 2 is 1.81 bits per heavy atom. The molecule has 2 N–H and O–H groups in total. The fourth-order valence-corrected chi connectivity index (χ4v) is 4.58. The summed E-state index contributed by atoms with van der Waals surface area (Å²) in [5.41, 5.74) is 0.270. The van der Waals surface area contributed by atoms with Gasteiger partial charge in [0.2, 0.25) is 11.3 Å². The van der Waals surface area contributed by atoms with Crippen molar-refractivity contribution in [2.24, 2.45) is 0 Å².